The maximum Gasteiger partial charge on any atom is 0.336 e. The van der Waals surface area contributed by atoms with Crippen molar-refractivity contribution in [2.24, 2.45) is 0 Å². The molecule has 4 fully saturated rings. The quantitative estimate of drug-likeness (QED) is 0.0187. The first kappa shape index (κ1) is 58.1. The van der Waals surface area contributed by atoms with Gasteiger partial charge in [-0.2, -0.15) is 23.5 Å². The van der Waals surface area contributed by atoms with Crippen molar-refractivity contribution < 1.29 is 58.4 Å². The number of benzene rings is 3. The Hall–Kier alpha value is -6.79. The molecule has 10 N–H and O–H groups in total. The highest BCUT2D eigenvalue weighted by Crippen LogP contribution is 2.34. The zero-order valence-electron chi connectivity index (χ0n) is 41.6. The summed E-state index contributed by atoms with van der Waals surface area (Å²) >= 11 is 3.73. The fourth-order valence-electron chi connectivity index (χ4n) is 8.53. The normalized spacial score (nSPS) is 20.1. The van der Waals surface area contributed by atoms with Gasteiger partial charge in [0.25, 0.3) is 0 Å². The van der Waals surface area contributed by atoms with E-state index >= 15 is 0 Å². The van der Waals surface area contributed by atoms with E-state index in [9.17, 15) is 43.8 Å². The third kappa shape index (κ3) is 20.6. The molecule has 3 aromatic carbocycles. The van der Waals surface area contributed by atoms with Gasteiger partial charge in [0.2, 0.25) is 24.5 Å². The number of urea groups is 2. The van der Waals surface area contributed by atoms with Crippen molar-refractivity contribution in [3.8, 4) is 29.6 Å². The van der Waals surface area contributed by atoms with Gasteiger partial charge in [-0.25, -0.2) is 14.4 Å². The number of ether oxygens (including phenoxy) is 2. The standard InChI is InChI=1S/C21H27N3O7S.C18H25N3O3S.C14H17NO2/c1-12(25)30-11-31-20(28)18(13-6-8-14(26)9-7-13)23-17(27)5-3-2-4-16-19-15(10-32-16)22-21(29)24-19;22-13-7-5-12(6-8-13)9-10-19-16(23)4-2-1-3-15-17-14(11-25-15)20-18(24)21-17;1-2-3-4-5-14(17)15-11-10-12-6-8-13(16)9-7-12/h6-9,15-16,18-19,26H,2-5,10-11H2,1H3,(H,23,27)(H2,22,24,29);5-8,14-15,17,22H,1-4,9-11H2,(H,19,23)(H2,20,21,24);1,6-9,16H,3-5,10-11H2,(H,15,17)/t15-,16-,18?,19-;14-,15-,17-;/m00./s1. The minimum atomic E-state index is -1.09. The lowest BCUT2D eigenvalue weighted by Gasteiger charge is -2.19. The Kier molecular flexibility index (Phi) is 24.4. The average molecular weight is 1060 g/mol. The van der Waals surface area contributed by atoms with Crippen molar-refractivity contribution in [3.05, 3.63) is 89.5 Å². The minimum Gasteiger partial charge on any atom is -0.508 e. The number of rotatable bonds is 24. The third-order valence-corrected chi connectivity index (χ3v) is 15.5. The van der Waals surface area contributed by atoms with E-state index < -0.39 is 24.8 Å². The van der Waals surface area contributed by atoms with Crippen LogP contribution in [0.4, 0.5) is 9.59 Å². The van der Waals surface area contributed by atoms with E-state index in [2.05, 4.69) is 47.9 Å². The van der Waals surface area contributed by atoms with Crippen molar-refractivity contribution in [3.63, 3.8) is 0 Å². The fourth-order valence-corrected chi connectivity index (χ4v) is 11.6. The van der Waals surface area contributed by atoms with Crippen LogP contribution in [-0.2, 0) is 46.3 Å². The van der Waals surface area contributed by atoms with Gasteiger partial charge in [-0.15, -0.1) is 12.3 Å². The van der Waals surface area contributed by atoms with Crippen LogP contribution in [0.2, 0.25) is 0 Å². The molecule has 400 valence electrons. The van der Waals surface area contributed by atoms with E-state index in [1.807, 2.05) is 47.8 Å². The van der Waals surface area contributed by atoms with Crippen LogP contribution in [0.25, 0.3) is 0 Å². The predicted octanol–water partition coefficient (Wildman–Crippen LogP) is 4.97. The maximum atomic E-state index is 12.5. The molecular formula is C53H69N7O12S2. The minimum absolute atomic E-state index is 0.0211. The van der Waals surface area contributed by atoms with Crippen LogP contribution in [0.5, 0.6) is 17.2 Å². The van der Waals surface area contributed by atoms with E-state index in [-0.39, 0.29) is 77.6 Å². The first-order chi connectivity index (χ1) is 35.7. The number of unbranched alkanes of at least 4 members (excludes halogenated alkanes) is 3. The number of nitrogens with one attached hydrogen (secondary N) is 7. The van der Waals surface area contributed by atoms with Gasteiger partial charge in [0.1, 0.15) is 17.2 Å². The zero-order chi connectivity index (χ0) is 53.2. The van der Waals surface area contributed by atoms with Crippen molar-refractivity contribution in [1.29, 1.82) is 0 Å². The molecule has 74 heavy (non-hydrogen) atoms. The molecule has 3 aromatic rings. The van der Waals surface area contributed by atoms with Gasteiger partial charge in [-0.3, -0.25) is 19.2 Å². The molecule has 0 radical (unpaired) electrons. The molecule has 0 spiro atoms. The summed E-state index contributed by atoms with van der Waals surface area (Å²) in [7, 11) is 0. The summed E-state index contributed by atoms with van der Waals surface area (Å²) < 4.78 is 9.56. The zero-order valence-corrected chi connectivity index (χ0v) is 43.2. The van der Waals surface area contributed by atoms with Gasteiger partial charge in [0.15, 0.2) is 6.04 Å². The topological polar surface area (TPSA) is 283 Å². The lowest BCUT2D eigenvalue weighted by Crippen LogP contribution is -2.37. The summed E-state index contributed by atoms with van der Waals surface area (Å²) in [5, 5.41) is 48.8. The number of carbonyl (C=O) groups excluding carboxylic acids is 7. The molecule has 4 aliphatic rings. The maximum absolute atomic E-state index is 12.5. The van der Waals surface area contributed by atoms with Gasteiger partial charge in [-0.05, 0) is 98.0 Å². The van der Waals surface area contributed by atoms with Crippen LogP contribution in [0, 0.1) is 12.3 Å². The number of amides is 7. The molecule has 0 bridgehead atoms. The molecule has 4 heterocycles. The van der Waals surface area contributed by atoms with Gasteiger partial charge >= 0.3 is 24.0 Å². The second-order valence-corrected chi connectivity index (χ2v) is 20.7. The van der Waals surface area contributed by atoms with Crippen LogP contribution in [0.15, 0.2) is 72.8 Å². The highest BCUT2D eigenvalue weighted by Gasteiger charge is 2.43. The summed E-state index contributed by atoms with van der Waals surface area (Å²) in [5.41, 5.74) is 2.62. The Balaban J connectivity index is 0.000000216. The number of phenols is 3. The molecule has 7 atom stereocenters. The van der Waals surface area contributed by atoms with E-state index in [0.717, 1.165) is 74.0 Å². The number of carbonyl (C=O) groups is 7. The number of hydrogen-bond acceptors (Lipinski definition) is 14. The Morgan fingerprint density at radius 1 is 0.635 bits per heavy atom. The Morgan fingerprint density at radius 2 is 1.08 bits per heavy atom. The largest absolute Gasteiger partial charge is 0.508 e. The molecule has 7 rings (SSSR count). The second kappa shape index (κ2) is 31.1. The van der Waals surface area contributed by atoms with Crippen molar-refractivity contribution in [1.82, 2.24) is 37.2 Å². The number of hydrogen-bond donors (Lipinski definition) is 10. The number of aromatic hydroxyl groups is 3. The molecular weight excluding hydrogens is 991 g/mol. The summed E-state index contributed by atoms with van der Waals surface area (Å²) in [6, 6.07) is 19.4. The van der Waals surface area contributed by atoms with Crippen LogP contribution >= 0.6 is 23.5 Å². The van der Waals surface area contributed by atoms with E-state index in [1.165, 1.54) is 31.2 Å². The Bertz CT molecular complexity index is 2350. The Morgan fingerprint density at radius 3 is 1.54 bits per heavy atom. The number of esters is 2. The number of phenolic OH excluding ortho intramolecular Hbond substituents is 3. The first-order valence-corrected chi connectivity index (χ1v) is 27.0. The van der Waals surface area contributed by atoms with Crippen LogP contribution < -0.4 is 37.2 Å². The molecule has 0 saturated carbocycles. The van der Waals surface area contributed by atoms with Gasteiger partial charge in [0.05, 0.1) is 24.2 Å². The SMILES string of the molecule is C#CCCCC(=O)NCCc1ccc(O)cc1.CC(=O)OCOC(=O)C(NC(=O)CCCC[C@@H]1SC[C@@H]2NC(=O)N[C@@H]21)c1ccc(O)cc1.O=C(CCCC[C@@H]1SC[C@@H]2NC(=O)N[C@@H]21)NCCc1ccc(O)cc1. The molecule has 19 nitrogen and oxygen atoms in total. The molecule has 4 saturated heterocycles. The smallest absolute Gasteiger partial charge is 0.336 e. The molecule has 7 amide bonds. The lowest BCUT2D eigenvalue weighted by atomic mass is 10.0. The molecule has 0 aromatic heterocycles. The number of fused-ring (bicyclic) bond motifs is 2. The van der Waals surface area contributed by atoms with Crippen LogP contribution in [0.3, 0.4) is 0 Å². The number of terminal acetylenes is 1. The van der Waals surface area contributed by atoms with Crippen molar-refractivity contribution >= 4 is 65.2 Å². The third-order valence-electron chi connectivity index (χ3n) is 12.5. The van der Waals surface area contributed by atoms with Gasteiger partial charge in [0, 0.05) is 67.7 Å². The number of thioether (sulfide) groups is 2. The van der Waals surface area contributed by atoms with Crippen molar-refractivity contribution in [2.75, 3.05) is 31.4 Å². The fraction of sp³-hybridized carbons (Fsp3) is 0.491. The molecule has 1 unspecified atom stereocenters. The average Bonchev–Trinajstić information content (AvgIpc) is 4.14. The highest BCUT2D eigenvalue weighted by atomic mass is 32.2. The summed E-state index contributed by atoms with van der Waals surface area (Å²) in [6.45, 7) is 1.86. The van der Waals surface area contributed by atoms with Gasteiger partial charge in [-0.1, -0.05) is 49.2 Å². The Labute approximate surface area is 440 Å². The second-order valence-electron chi connectivity index (χ2n) is 18.1. The molecule has 4 aliphatic heterocycles. The summed E-state index contributed by atoms with van der Waals surface area (Å²) in [4.78, 5) is 81.8. The van der Waals surface area contributed by atoms with Crippen LogP contribution in [0.1, 0.15) is 100 Å². The van der Waals surface area contributed by atoms with Gasteiger partial charge < -0.3 is 62.0 Å². The monoisotopic (exact) mass is 1060 g/mol. The molecule has 0 aliphatic carbocycles. The van der Waals surface area contributed by atoms with E-state index in [1.54, 1.807) is 24.3 Å². The summed E-state index contributed by atoms with van der Waals surface area (Å²) in [5.74, 6) is 3.35. The van der Waals surface area contributed by atoms with E-state index in [0.29, 0.717) is 54.8 Å². The summed E-state index contributed by atoms with van der Waals surface area (Å²) in [6.07, 6.45) is 14.5. The molecule has 21 heteroatoms. The first-order valence-electron chi connectivity index (χ1n) is 25.0. The van der Waals surface area contributed by atoms with Crippen LogP contribution in [-0.4, -0.2) is 123 Å². The van der Waals surface area contributed by atoms with Crippen molar-refractivity contribution in [2.45, 2.75) is 131 Å². The highest BCUT2D eigenvalue weighted by molar-refractivity contribution is 8.00. The lowest BCUT2D eigenvalue weighted by molar-refractivity contribution is -0.168. The van der Waals surface area contributed by atoms with E-state index in [4.69, 9.17) is 16.3 Å². The predicted molar refractivity (Wildman–Crippen MR) is 282 cm³/mol.